The van der Waals surface area contributed by atoms with Gasteiger partial charge in [-0.2, -0.15) is 0 Å². The average Bonchev–Trinajstić information content (AvgIpc) is 2.79. The van der Waals surface area contributed by atoms with Crippen LogP contribution in [0.5, 0.6) is 0 Å². The number of nitrogens with one attached hydrogen (secondary N) is 1. The maximum Gasteiger partial charge on any atom is 0.222 e. The Kier molecular flexibility index (Phi) is 6.23. The molecule has 2 aliphatic rings. The van der Waals surface area contributed by atoms with E-state index in [1.807, 2.05) is 4.90 Å². The lowest BCUT2D eigenvalue weighted by atomic mass is 10.1. The van der Waals surface area contributed by atoms with Crippen molar-refractivity contribution in [3.63, 3.8) is 0 Å². The van der Waals surface area contributed by atoms with Crippen LogP contribution in [0.15, 0.2) is 0 Å². The summed E-state index contributed by atoms with van der Waals surface area (Å²) < 4.78 is 5.53. The van der Waals surface area contributed by atoms with Crippen LogP contribution in [0.4, 0.5) is 0 Å². The van der Waals surface area contributed by atoms with Crippen LogP contribution in [0.3, 0.4) is 0 Å². The zero-order chi connectivity index (χ0) is 11.4. The van der Waals surface area contributed by atoms with E-state index >= 15 is 0 Å². The van der Waals surface area contributed by atoms with Crippen molar-refractivity contribution in [3.8, 4) is 0 Å². The van der Waals surface area contributed by atoms with Crippen LogP contribution in [0.1, 0.15) is 32.6 Å². The predicted molar refractivity (Wildman–Crippen MR) is 69.5 cm³/mol. The monoisotopic (exact) mass is 262 g/mol. The lowest BCUT2D eigenvalue weighted by Gasteiger charge is -2.34. The van der Waals surface area contributed by atoms with Gasteiger partial charge >= 0.3 is 0 Å². The lowest BCUT2D eigenvalue weighted by molar-refractivity contribution is -0.134. The summed E-state index contributed by atoms with van der Waals surface area (Å²) in [6.45, 7) is 5.69. The summed E-state index contributed by atoms with van der Waals surface area (Å²) in [6, 6.07) is 0.339. The minimum atomic E-state index is 0. The molecule has 100 valence electrons. The van der Waals surface area contributed by atoms with E-state index in [1.54, 1.807) is 0 Å². The third-order valence-corrected chi connectivity index (χ3v) is 3.53. The Morgan fingerprint density at radius 1 is 1.53 bits per heavy atom. The van der Waals surface area contributed by atoms with Crippen molar-refractivity contribution in [3.05, 3.63) is 0 Å². The highest BCUT2D eigenvalue weighted by atomic mass is 35.5. The molecule has 0 saturated carbocycles. The number of hydrogen-bond acceptors (Lipinski definition) is 3. The number of amides is 1. The van der Waals surface area contributed by atoms with Gasteiger partial charge in [0.05, 0.1) is 6.10 Å². The summed E-state index contributed by atoms with van der Waals surface area (Å²) >= 11 is 0. The molecule has 0 bridgehead atoms. The van der Waals surface area contributed by atoms with Crippen LogP contribution in [-0.4, -0.2) is 49.2 Å². The molecule has 4 nitrogen and oxygen atoms in total. The van der Waals surface area contributed by atoms with Gasteiger partial charge in [0.15, 0.2) is 0 Å². The molecule has 2 unspecified atom stereocenters. The second kappa shape index (κ2) is 7.19. The average molecular weight is 263 g/mol. The van der Waals surface area contributed by atoms with E-state index in [-0.39, 0.29) is 12.4 Å². The van der Waals surface area contributed by atoms with Crippen LogP contribution >= 0.6 is 12.4 Å². The SMILES string of the molecule is CC1CNCCN1C(=O)CCC1CCCO1.Cl. The maximum absolute atomic E-state index is 12.0. The Morgan fingerprint density at radius 3 is 3.00 bits per heavy atom. The molecule has 0 aromatic heterocycles. The van der Waals surface area contributed by atoms with Gasteiger partial charge in [0, 0.05) is 38.7 Å². The number of rotatable bonds is 3. The highest BCUT2D eigenvalue weighted by Gasteiger charge is 2.24. The molecular formula is C12H23ClN2O2. The number of carbonyl (C=O) groups is 1. The van der Waals surface area contributed by atoms with Crippen molar-refractivity contribution in [1.82, 2.24) is 10.2 Å². The van der Waals surface area contributed by atoms with Crippen molar-refractivity contribution < 1.29 is 9.53 Å². The van der Waals surface area contributed by atoms with Crippen LogP contribution in [0.25, 0.3) is 0 Å². The summed E-state index contributed by atoms with van der Waals surface area (Å²) in [4.78, 5) is 14.0. The number of piperazine rings is 1. The quantitative estimate of drug-likeness (QED) is 0.831. The molecule has 2 atom stereocenters. The van der Waals surface area contributed by atoms with Gasteiger partial charge in [-0.05, 0) is 26.2 Å². The fourth-order valence-corrected chi connectivity index (χ4v) is 2.51. The molecule has 2 saturated heterocycles. The van der Waals surface area contributed by atoms with Crippen LogP contribution in [0.2, 0.25) is 0 Å². The fraction of sp³-hybridized carbons (Fsp3) is 0.917. The second-order valence-electron chi connectivity index (χ2n) is 4.81. The molecular weight excluding hydrogens is 240 g/mol. The molecule has 0 aliphatic carbocycles. The molecule has 2 aliphatic heterocycles. The molecule has 17 heavy (non-hydrogen) atoms. The third kappa shape index (κ3) is 4.12. The second-order valence-corrected chi connectivity index (χ2v) is 4.81. The number of ether oxygens (including phenoxy) is 1. The summed E-state index contributed by atoms with van der Waals surface area (Å²) in [5.74, 6) is 0.296. The molecule has 1 amide bonds. The fourth-order valence-electron chi connectivity index (χ4n) is 2.51. The molecule has 2 heterocycles. The normalized spacial score (nSPS) is 28.9. The standard InChI is InChI=1S/C12H22N2O2.ClH/c1-10-9-13-6-7-14(10)12(15)5-4-11-3-2-8-16-11;/h10-11,13H,2-9H2,1H3;1H. The van der Waals surface area contributed by atoms with Gasteiger partial charge in [0.1, 0.15) is 0 Å². The Morgan fingerprint density at radius 2 is 2.35 bits per heavy atom. The first kappa shape index (κ1) is 14.7. The number of halogens is 1. The topological polar surface area (TPSA) is 41.6 Å². The van der Waals surface area contributed by atoms with Crippen molar-refractivity contribution in [2.24, 2.45) is 0 Å². The van der Waals surface area contributed by atoms with Crippen LogP contribution in [0, 0.1) is 0 Å². The summed E-state index contributed by atoms with van der Waals surface area (Å²) in [5, 5.41) is 3.30. The van der Waals surface area contributed by atoms with Crippen molar-refractivity contribution in [1.29, 1.82) is 0 Å². The van der Waals surface area contributed by atoms with E-state index in [1.165, 1.54) is 0 Å². The first-order chi connectivity index (χ1) is 7.77. The number of carbonyl (C=O) groups excluding carboxylic acids is 1. The molecule has 1 N–H and O–H groups in total. The summed E-state index contributed by atoms with van der Waals surface area (Å²) in [6.07, 6.45) is 4.17. The van der Waals surface area contributed by atoms with E-state index < -0.39 is 0 Å². The maximum atomic E-state index is 12.0. The van der Waals surface area contributed by atoms with Gasteiger partial charge in [-0.25, -0.2) is 0 Å². The molecule has 2 fully saturated rings. The Bertz CT molecular complexity index is 245. The number of nitrogens with zero attached hydrogens (tertiary/aromatic N) is 1. The molecule has 0 aromatic rings. The highest BCUT2D eigenvalue weighted by Crippen LogP contribution is 2.18. The van der Waals surface area contributed by atoms with Gasteiger partial charge in [-0.3, -0.25) is 4.79 Å². The highest BCUT2D eigenvalue weighted by molar-refractivity contribution is 5.85. The van der Waals surface area contributed by atoms with E-state index in [2.05, 4.69) is 12.2 Å². The van der Waals surface area contributed by atoms with Crippen LogP contribution < -0.4 is 5.32 Å². The first-order valence-electron chi connectivity index (χ1n) is 6.39. The molecule has 0 spiro atoms. The Labute approximate surface area is 109 Å². The van der Waals surface area contributed by atoms with E-state index in [4.69, 9.17) is 4.74 Å². The predicted octanol–water partition coefficient (Wildman–Crippen LogP) is 1.19. The Balaban J connectivity index is 0.00000144. The smallest absolute Gasteiger partial charge is 0.222 e. The van der Waals surface area contributed by atoms with Crippen LogP contribution in [-0.2, 0) is 9.53 Å². The summed E-state index contributed by atoms with van der Waals surface area (Å²) in [5.41, 5.74) is 0. The van der Waals surface area contributed by atoms with Crippen molar-refractivity contribution in [2.45, 2.75) is 44.8 Å². The molecule has 5 heteroatoms. The van der Waals surface area contributed by atoms with Crippen molar-refractivity contribution in [2.75, 3.05) is 26.2 Å². The zero-order valence-corrected chi connectivity index (χ0v) is 11.3. The van der Waals surface area contributed by atoms with Gasteiger partial charge in [0.25, 0.3) is 0 Å². The van der Waals surface area contributed by atoms with Gasteiger partial charge in [-0.15, -0.1) is 12.4 Å². The zero-order valence-electron chi connectivity index (χ0n) is 10.5. The van der Waals surface area contributed by atoms with Gasteiger partial charge in [-0.1, -0.05) is 0 Å². The largest absolute Gasteiger partial charge is 0.378 e. The van der Waals surface area contributed by atoms with Gasteiger partial charge in [0.2, 0.25) is 5.91 Å². The molecule has 2 rings (SSSR count). The van der Waals surface area contributed by atoms with Crippen molar-refractivity contribution >= 4 is 18.3 Å². The van der Waals surface area contributed by atoms with E-state index in [0.29, 0.717) is 24.5 Å². The molecule has 0 radical (unpaired) electrons. The molecule has 0 aromatic carbocycles. The van der Waals surface area contributed by atoms with E-state index in [9.17, 15) is 4.79 Å². The third-order valence-electron chi connectivity index (χ3n) is 3.53. The minimum absolute atomic E-state index is 0. The summed E-state index contributed by atoms with van der Waals surface area (Å²) in [7, 11) is 0. The lowest BCUT2D eigenvalue weighted by Crippen LogP contribution is -2.52. The Hall–Kier alpha value is -0.320. The van der Waals surface area contributed by atoms with E-state index in [0.717, 1.165) is 45.5 Å². The first-order valence-corrected chi connectivity index (χ1v) is 6.39. The number of hydrogen-bond donors (Lipinski definition) is 1. The minimum Gasteiger partial charge on any atom is -0.378 e. The van der Waals surface area contributed by atoms with Gasteiger partial charge < -0.3 is 15.0 Å².